The number of halogens is 4. The first-order valence-electron chi connectivity index (χ1n) is 9.47. The number of guanidine groups is 1. The van der Waals surface area contributed by atoms with Crippen LogP contribution in [0.5, 0.6) is 0 Å². The van der Waals surface area contributed by atoms with Crippen molar-refractivity contribution in [1.29, 1.82) is 0 Å². The van der Waals surface area contributed by atoms with Gasteiger partial charge in [0.15, 0.2) is 11.8 Å². The van der Waals surface area contributed by atoms with Crippen LogP contribution < -0.4 is 5.32 Å². The average Bonchev–Trinajstić information content (AvgIpc) is 3.32. The third-order valence-corrected chi connectivity index (χ3v) is 6.07. The van der Waals surface area contributed by atoms with Crippen molar-refractivity contribution in [3.05, 3.63) is 34.0 Å². The summed E-state index contributed by atoms with van der Waals surface area (Å²) in [6.45, 7) is 5.69. The molecule has 0 saturated carbocycles. The lowest BCUT2D eigenvalue weighted by atomic mass is 10.2. The molecule has 168 valence electrons. The fourth-order valence-corrected chi connectivity index (χ4v) is 3.75. The lowest BCUT2D eigenvalue weighted by Crippen LogP contribution is -2.56. The van der Waals surface area contributed by atoms with Gasteiger partial charge in [-0.1, -0.05) is 6.07 Å². The topological polar surface area (TPSA) is 61.6 Å². The van der Waals surface area contributed by atoms with E-state index in [1.807, 2.05) is 41.0 Å². The molecule has 0 amide bonds. The van der Waals surface area contributed by atoms with Gasteiger partial charge in [-0.2, -0.15) is 13.2 Å². The highest BCUT2D eigenvalue weighted by Crippen LogP contribution is 2.25. The first kappa shape index (κ1) is 24.9. The van der Waals surface area contributed by atoms with Crippen LogP contribution in [-0.4, -0.2) is 68.9 Å². The van der Waals surface area contributed by atoms with E-state index in [9.17, 15) is 13.2 Å². The number of nitrogens with one attached hydrogen (secondary N) is 1. The van der Waals surface area contributed by atoms with Gasteiger partial charge in [0.2, 0.25) is 0 Å². The molecule has 1 saturated heterocycles. The van der Waals surface area contributed by atoms with Gasteiger partial charge < -0.3 is 14.8 Å². The Morgan fingerprint density at radius 2 is 1.97 bits per heavy atom. The number of aryl methyl sites for hydroxylation is 1. The number of alkyl halides is 3. The Balaban J connectivity index is 0.00000320. The zero-order valence-corrected chi connectivity index (χ0v) is 20.3. The minimum absolute atomic E-state index is 0. The van der Waals surface area contributed by atoms with Gasteiger partial charge in [-0.15, -0.1) is 45.5 Å². The van der Waals surface area contributed by atoms with Crippen LogP contribution in [0.25, 0.3) is 0 Å². The number of nitrogens with zero attached hydrogens (tertiary/aromatic N) is 6. The van der Waals surface area contributed by atoms with Gasteiger partial charge in [-0.3, -0.25) is 4.90 Å². The van der Waals surface area contributed by atoms with E-state index in [0.29, 0.717) is 45.2 Å². The average molecular weight is 557 g/mol. The minimum atomic E-state index is -4.21. The fraction of sp³-hybridized carbons (Fsp3) is 0.611. The molecular weight excluding hydrogens is 530 g/mol. The van der Waals surface area contributed by atoms with Gasteiger partial charge in [0, 0.05) is 38.1 Å². The normalized spacial score (nSPS) is 17.0. The van der Waals surface area contributed by atoms with Crippen molar-refractivity contribution in [3.63, 3.8) is 0 Å². The Labute approximate surface area is 195 Å². The van der Waals surface area contributed by atoms with Crippen molar-refractivity contribution in [1.82, 2.24) is 29.9 Å². The molecule has 2 aromatic heterocycles. The van der Waals surface area contributed by atoms with Crippen LogP contribution >= 0.6 is 35.3 Å². The fourth-order valence-electron chi connectivity index (χ4n) is 3.11. The Morgan fingerprint density at radius 1 is 1.27 bits per heavy atom. The molecule has 0 radical (unpaired) electrons. The third-order valence-electron chi connectivity index (χ3n) is 5.19. The van der Waals surface area contributed by atoms with Gasteiger partial charge in [0.25, 0.3) is 0 Å². The highest BCUT2D eigenvalue weighted by atomic mass is 127. The Hall–Kier alpha value is -1.41. The molecule has 0 aromatic carbocycles. The summed E-state index contributed by atoms with van der Waals surface area (Å²) < 4.78 is 40.9. The van der Waals surface area contributed by atoms with Crippen LogP contribution in [0, 0.1) is 6.92 Å². The molecule has 0 spiro atoms. The van der Waals surface area contributed by atoms with Crippen LogP contribution in [0.4, 0.5) is 13.2 Å². The number of rotatable bonds is 5. The van der Waals surface area contributed by atoms with Crippen LogP contribution in [0.3, 0.4) is 0 Å². The van der Waals surface area contributed by atoms with Crippen molar-refractivity contribution in [2.24, 2.45) is 12.0 Å². The lowest BCUT2D eigenvalue weighted by Gasteiger charge is -2.39. The maximum Gasteiger partial charge on any atom is 0.403 e. The zero-order valence-electron chi connectivity index (χ0n) is 17.2. The van der Waals surface area contributed by atoms with Gasteiger partial charge in [0.1, 0.15) is 18.4 Å². The summed E-state index contributed by atoms with van der Waals surface area (Å²) >= 11 is 1.64. The van der Waals surface area contributed by atoms with Crippen molar-refractivity contribution >= 4 is 41.3 Å². The van der Waals surface area contributed by atoms with E-state index in [4.69, 9.17) is 0 Å². The molecule has 3 rings (SSSR count). The summed E-state index contributed by atoms with van der Waals surface area (Å²) in [7, 11) is 1.89. The minimum Gasteiger partial charge on any atom is -0.351 e. The standard InChI is InChI=1S/C18H26F3N7S.HI/c1-13(18(19,20)21)27-6-8-28(9-7-27)17(22-11-15-5-4-10-29-15)23-12-16-25-24-14(2)26(16)3;/h4-5,10,13H,6-9,11-12H2,1-3H3,(H,22,23);1H. The third kappa shape index (κ3) is 6.30. The van der Waals surface area contributed by atoms with Crippen LogP contribution in [-0.2, 0) is 20.1 Å². The van der Waals surface area contributed by atoms with E-state index < -0.39 is 12.2 Å². The lowest BCUT2D eigenvalue weighted by molar-refractivity contribution is -0.181. The summed E-state index contributed by atoms with van der Waals surface area (Å²) in [6.07, 6.45) is -4.21. The quantitative estimate of drug-likeness (QED) is 0.348. The SMILES string of the molecule is Cc1nnc(CN=C(NCc2cccs2)N2CCN(C(C)C(F)(F)F)CC2)n1C.I. The summed E-state index contributed by atoms with van der Waals surface area (Å²) in [6, 6.07) is 2.58. The van der Waals surface area contributed by atoms with E-state index in [0.717, 1.165) is 16.5 Å². The smallest absolute Gasteiger partial charge is 0.351 e. The molecular formula is C18H27F3IN7S. The van der Waals surface area contributed by atoms with E-state index in [2.05, 4.69) is 20.5 Å². The highest BCUT2D eigenvalue weighted by molar-refractivity contribution is 14.0. The number of aromatic nitrogens is 3. The van der Waals surface area contributed by atoms with E-state index in [1.165, 1.54) is 11.8 Å². The first-order chi connectivity index (χ1) is 13.8. The van der Waals surface area contributed by atoms with E-state index >= 15 is 0 Å². The number of hydrogen-bond donors (Lipinski definition) is 1. The number of aliphatic imine (C=N–C) groups is 1. The Morgan fingerprint density at radius 3 is 2.50 bits per heavy atom. The van der Waals surface area contributed by atoms with Gasteiger partial charge in [0.05, 0.1) is 6.54 Å². The van der Waals surface area contributed by atoms with Crippen LogP contribution in [0.15, 0.2) is 22.5 Å². The molecule has 1 fully saturated rings. The summed E-state index contributed by atoms with van der Waals surface area (Å²) in [5.41, 5.74) is 0. The molecule has 0 bridgehead atoms. The second kappa shape index (κ2) is 10.8. The maximum atomic E-state index is 13.0. The molecule has 0 aliphatic carbocycles. The highest BCUT2D eigenvalue weighted by Gasteiger charge is 2.41. The van der Waals surface area contributed by atoms with Gasteiger partial charge in [-0.25, -0.2) is 4.99 Å². The molecule has 1 aliphatic rings. The number of piperazine rings is 1. The van der Waals surface area contributed by atoms with Crippen LogP contribution in [0.1, 0.15) is 23.4 Å². The van der Waals surface area contributed by atoms with E-state index in [-0.39, 0.29) is 24.0 Å². The van der Waals surface area contributed by atoms with Crippen LogP contribution in [0.2, 0.25) is 0 Å². The molecule has 12 heteroatoms. The summed E-state index contributed by atoms with van der Waals surface area (Å²) in [5.74, 6) is 2.22. The number of thiophene rings is 1. The van der Waals surface area contributed by atoms with E-state index in [1.54, 1.807) is 11.3 Å². The van der Waals surface area contributed by atoms with Gasteiger partial charge >= 0.3 is 6.18 Å². The first-order valence-corrected chi connectivity index (χ1v) is 10.3. The molecule has 1 atom stereocenters. The molecule has 1 aliphatic heterocycles. The molecule has 7 nitrogen and oxygen atoms in total. The second-order valence-corrected chi connectivity index (χ2v) is 8.07. The van der Waals surface area contributed by atoms with Crippen molar-refractivity contribution in [2.75, 3.05) is 26.2 Å². The molecule has 1 unspecified atom stereocenters. The van der Waals surface area contributed by atoms with Crippen molar-refractivity contribution in [2.45, 2.75) is 39.2 Å². The predicted octanol–water partition coefficient (Wildman–Crippen LogP) is 3.02. The largest absolute Gasteiger partial charge is 0.403 e. The Kier molecular flexibility index (Phi) is 8.91. The summed E-state index contributed by atoms with van der Waals surface area (Å²) in [5, 5.41) is 13.5. The molecule has 3 heterocycles. The second-order valence-electron chi connectivity index (χ2n) is 7.04. The molecule has 30 heavy (non-hydrogen) atoms. The van der Waals surface area contributed by atoms with Gasteiger partial charge in [-0.05, 0) is 25.3 Å². The predicted molar refractivity (Wildman–Crippen MR) is 122 cm³/mol. The molecule has 2 aromatic rings. The van der Waals surface area contributed by atoms with Crippen molar-refractivity contribution < 1.29 is 13.2 Å². The maximum absolute atomic E-state index is 13.0. The number of hydrogen-bond acceptors (Lipinski definition) is 5. The zero-order chi connectivity index (χ0) is 21.0. The summed E-state index contributed by atoms with van der Waals surface area (Å²) in [4.78, 5) is 9.33. The Bertz CT molecular complexity index is 814. The monoisotopic (exact) mass is 557 g/mol. The van der Waals surface area contributed by atoms with Crippen molar-refractivity contribution in [3.8, 4) is 0 Å². The molecule has 1 N–H and O–H groups in total.